The Labute approximate surface area is 116 Å². The van der Waals surface area contributed by atoms with E-state index in [1.807, 2.05) is 12.1 Å². The molecule has 0 radical (unpaired) electrons. The Morgan fingerprint density at radius 1 is 1.21 bits per heavy atom. The second kappa shape index (κ2) is 6.58. The lowest BCUT2D eigenvalue weighted by molar-refractivity contribution is 0.0617. The Balaban J connectivity index is 1.41. The molecule has 0 spiro atoms. The van der Waals surface area contributed by atoms with Crippen molar-refractivity contribution in [1.29, 1.82) is 0 Å². The highest BCUT2D eigenvalue weighted by Crippen LogP contribution is 2.34. The van der Waals surface area contributed by atoms with Gasteiger partial charge >= 0.3 is 0 Å². The molecule has 1 aromatic rings. The topological polar surface area (TPSA) is 28.4 Å². The summed E-state index contributed by atoms with van der Waals surface area (Å²) in [5, 5.41) is 3.50. The highest BCUT2D eigenvalue weighted by atomic mass is 16.3. The molecule has 0 amide bonds. The standard InChI is InChI=1S/C16H26N2O/c1-2-8-16-14(5-1)6-3-10-18(16)11-9-17-13-15-7-4-12-19-15/h4,7,12,14,16-17H,1-3,5-6,8-11,13H2. The zero-order chi connectivity index (χ0) is 12.9. The number of hydrogen-bond acceptors (Lipinski definition) is 3. The van der Waals surface area contributed by atoms with E-state index in [9.17, 15) is 0 Å². The van der Waals surface area contributed by atoms with Gasteiger partial charge in [0.15, 0.2) is 0 Å². The summed E-state index contributed by atoms with van der Waals surface area (Å²) in [7, 11) is 0. The van der Waals surface area contributed by atoms with Crippen molar-refractivity contribution in [1.82, 2.24) is 10.2 Å². The van der Waals surface area contributed by atoms with E-state index < -0.39 is 0 Å². The summed E-state index contributed by atoms with van der Waals surface area (Å²) < 4.78 is 5.34. The Hall–Kier alpha value is -0.800. The lowest BCUT2D eigenvalue weighted by Gasteiger charge is -2.44. The van der Waals surface area contributed by atoms with Crippen LogP contribution < -0.4 is 5.32 Å². The number of nitrogens with zero attached hydrogens (tertiary/aromatic N) is 1. The van der Waals surface area contributed by atoms with Gasteiger partial charge in [-0.3, -0.25) is 4.90 Å². The fourth-order valence-electron chi connectivity index (χ4n) is 3.85. The molecule has 1 saturated carbocycles. The molecule has 2 fully saturated rings. The number of nitrogens with one attached hydrogen (secondary N) is 1. The van der Waals surface area contributed by atoms with Crippen LogP contribution in [-0.4, -0.2) is 30.6 Å². The first kappa shape index (κ1) is 13.2. The smallest absolute Gasteiger partial charge is 0.117 e. The van der Waals surface area contributed by atoms with Crippen molar-refractivity contribution in [2.75, 3.05) is 19.6 Å². The average molecular weight is 262 g/mol. The third-order valence-electron chi connectivity index (χ3n) is 4.81. The van der Waals surface area contributed by atoms with Gasteiger partial charge in [-0.1, -0.05) is 12.8 Å². The number of likely N-dealkylation sites (tertiary alicyclic amines) is 1. The number of fused-ring (bicyclic) bond motifs is 1. The molecular formula is C16H26N2O. The van der Waals surface area contributed by atoms with Gasteiger partial charge in [0, 0.05) is 19.1 Å². The molecule has 3 rings (SSSR count). The molecule has 3 heteroatoms. The van der Waals surface area contributed by atoms with Crippen LogP contribution in [0.3, 0.4) is 0 Å². The van der Waals surface area contributed by atoms with E-state index in [4.69, 9.17) is 4.42 Å². The third-order valence-corrected chi connectivity index (χ3v) is 4.81. The molecule has 1 aromatic heterocycles. The van der Waals surface area contributed by atoms with E-state index in [0.29, 0.717) is 0 Å². The molecule has 106 valence electrons. The molecule has 3 nitrogen and oxygen atoms in total. The predicted octanol–water partition coefficient (Wildman–Crippen LogP) is 3.02. The monoisotopic (exact) mass is 262 g/mol. The highest BCUT2D eigenvalue weighted by Gasteiger charge is 2.32. The van der Waals surface area contributed by atoms with Gasteiger partial charge in [-0.25, -0.2) is 0 Å². The van der Waals surface area contributed by atoms with Crippen LogP contribution in [0, 0.1) is 5.92 Å². The molecule has 2 atom stereocenters. The van der Waals surface area contributed by atoms with Crippen molar-refractivity contribution in [2.24, 2.45) is 5.92 Å². The van der Waals surface area contributed by atoms with Crippen molar-refractivity contribution in [3.63, 3.8) is 0 Å². The summed E-state index contributed by atoms with van der Waals surface area (Å²) >= 11 is 0. The van der Waals surface area contributed by atoms with E-state index in [1.54, 1.807) is 6.26 Å². The summed E-state index contributed by atoms with van der Waals surface area (Å²) in [6, 6.07) is 4.87. The van der Waals surface area contributed by atoms with Crippen molar-refractivity contribution in [2.45, 2.75) is 51.1 Å². The second-order valence-corrected chi connectivity index (χ2v) is 6.05. The maximum absolute atomic E-state index is 5.34. The fourth-order valence-corrected chi connectivity index (χ4v) is 3.85. The van der Waals surface area contributed by atoms with Crippen LogP contribution in [0.2, 0.25) is 0 Å². The second-order valence-electron chi connectivity index (χ2n) is 6.05. The molecule has 1 N–H and O–H groups in total. The van der Waals surface area contributed by atoms with Crippen molar-refractivity contribution < 1.29 is 4.42 Å². The lowest BCUT2D eigenvalue weighted by Crippen LogP contribution is -2.48. The van der Waals surface area contributed by atoms with Gasteiger partial charge in [0.2, 0.25) is 0 Å². The number of hydrogen-bond donors (Lipinski definition) is 1. The maximum Gasteiger partial charge on any atom is 0.117 e. The molecule has 0 bridgehead atoms. The van der Waals surface area contributed by atoms with Crippen molar-refractivity contribution in [3.05, 3.63) is 24.2 Å². The molecule has 19 heavy (non-hydrogen) atoms. The Bertz CT molecular complexity index is 361. The van der Waals surface area contributed by atoms with Crippen LogP contribution in [0.5, 0.6) is 0 Å². The van der Waals surface area contributed by atoms with Crippen LogP contribution in [0.25, 0.3) is 0 Å². The quantitative estimate of drug-likeness (QED) is 0.827. The fraction of sp³-hybridized carbons (Fsp3) is 0.750. The van der Waals surface area contributed by atoms with Crippen LogP contribution in [0.4, 0.5) is 0 Å². The first-order valence-corrected chi connectivity index (χ1v) is 7.90. The molecule has 1 aliphatic carbocycles. The van der Waals surface area contributed by atoms with E-state index in [0.717, 1.165) is 30.8 Å². The summed E-state index contributed by atoms with van der Waals surface area (Å²) in [6.07, 6.45) is 10.4. The molecular weight excluding hydrogens is 236 g/mol. The minimum absolute atomic E-state index is 0.856. The molecule has 2 aliphatic rings. The first-order valence-electron chi connectivity index (χ1n) is 7.90. The number of piperidine rings is 1. The molecule has 0 aromatic carbocycles. The lowest BCUT2D eigenvalue weighted by atomic mass is 9.78. The minimum Gasteiger partial charge on any atom is -0.468 e. The van der Waals surface area contributed by atoms with Crippen LogP contribution in [0.1, 0.15) is 44.3 Å². The SMILES string of the molecule is c1coc(CNCCN2CCCC3CCCCC32)c1. The van der Waals surface area contributed by atoms with E-state index in [1.165, 1.54) is 51.6 Å². The normalized spacial score (nSPS) is 28.2. The van der Waals surface area contributed by atoms with Gasteiger partial charge in [0.1, 0.15) is 5.76 Å². The number of furan rings is 1. The van der Waals surface area contributed by atoms with Gasteiger partial charge in [0.25, 0.3) is 0 Å². The van der Waals surface area contributed by atoms with E-state index >= 15 is 0 Å². The summed E-state index contributed by atoms with van der Waals surface area (Å²) in [5.41, 5.74) is 0. The van der Waals surface area contributed by atoms with E-state index in [2.05, 4.69) is 10.2 Å². The van der Waals surface area contributed by atoms with Crippen LogP contribution in [0.15, 0.2) is 22.8 Å². The van der Waals surface area contributed by atoms with E-state index in [-0.39, 0.29) is 0 Å². The average Bonchev–Trinajstić information content (AvgIpc) is 2.97. The summed E-state index contributed by atoms with van der Waals surface area (Å²) in [5.74, 6) is 2.03. The minimum atomic E-state index is 0.856. The predicted molar refractivity (Wildman–Crippen MR) is 77.0 cm³/mol. The molecule has 2 unspecified atom stereocenters. The summed E-state index contributed by atoms with van der Waals surface area (Å²) in [6.45, 7) is 4.43. The van der Waals surface area contributed by atoms with Crippen molar-refractivity contribution in [3.8, 4) is 0 Å². The van der Waals surface area contributed by atoms with Gasteiger partial charge in [-0.15, -0.1) is 0 Å². The molecule has 1 saturated heterocycles. The zero-order valence-electron chi connectivity index (χ0n) is 11.8. The zero-order valence-corrected chi connectivity index (χ0v) is 11.8. The maximum atomic E-state index is 5.34. The third kappa shape index (κ3) is 3.40. The number of rotatable bonds is 5. The van der Waals surface area contributed by atoms with Gasteiger partial charge < -0.3 is 9.73 Å². The Morgan fingerprint density at radius 3 is 3.00 bits per heavy atom. The highest BCUT2D eigenvalue weighted by molar-refractivity contribution is 4.97. The van der Waals surface area contributed by atoms with Gasteiger partial charge in [-0.2, -0.15) is 0 Å². The van der Waals surface area contributed by atoms with Gasteiger partial charge in [0.05, 0.1) is 12.8 Å². The largest absolute Gasteiger partial charge is 0.468 e. The summed E-state index contributed by atoms with van der Waals surface area (Å²) in [4.78, 5) is 2.74. The Kier molecular flexibility index (Phi) is 4.57. The molecule has 2 heterocycles. The first-order chi connectivity index (χ1) is 9.43. The molecule has 1 aliphatic heterocycles. The van der Waals surface area contributed by atoms with Gasteiger partial charge in [-0.05, 0) is 50.3 Å². The van der Waals surface area contributed by atoms with Crippen LogP contribution in [-0.2, 0) is 6.54 Å². The Morgan fingerprint density at radius 2 is 2.11 bits per heavy atom. The van der Waals surface area contributed by atoms with Crippen molar-refractivity contribution >= 4 is 0 Å². The van der Waals surface area contributed by atoms with Crippen LogP contribution >= 0.6 is 0 Å².